The minimum absolute atomic E-state index is 0.584. The summed E-state index contributed by atoms with van der Waals surface area (Å²) in [6.45, 7) is 2.51. The summed E-state index contributed by atoms with van der Waals surface area (Å²) in [7, 11) is 3.24. The molecule has 0 unspecified atom stereocenters. The van der Waals surface area contributed by atoms with E-state index < -0.39 is 0 Å². The summed E-state index contributed by atoms with van der Waals surface area (Å²) in [5.41, 5.74) is 1.09. The fraction of sp³-hybridized carbons (Fsp3) is 0.455. The van der Waals surface area contributed by atoms with E-state index >= 15 is 0 Å². The van der Waals surface area contributed by atoms with E-state index in [1.165, 1.54) is 0 Å². The number of benzene rings is 1. The second kappa shape index (κ2) is 5.85. The largest absolute Gasteiger partial charge is 0.493 e. The molecule has 1 aromatic rings. The van der Waals surface area contributed by atoms with Crippen molar-refractivity contribution in [2.24, 2.45) is 0 Å². The molecular formula is C11H15BrO3. The highest BCUT2D eigenvalue weighted by atomic mass is 79.9. The second-order valence-electron chi connectivity index (χ2n) is 2.90. The summed E-state index contributed by atoms with van der Waals surface area (Å²) < 4.78 is 16.0. The second-order valence-corrected chi connectivity index (χ2v) is 3.46. The van der Waals surface area contributed by atoms with E-state index in [0.717, 1.165) is 10.9 Å². The number of hydrogen-bond acceptors (Lipinski definition) is 3. The lowest BCUT2D eigenvalue weighted by atomic mass is 10.2. The average Bonchev–Trinajstić information content (AvgIpc) is 2.29. The Bertz CT molecular complexity index is 301. The number of rotatable bonds is 5. The van der Waals surface area contributed by atoms with Gasteiger partial charge in [0.2, 0.25) is 5.75 Å². The Morgan fingerprint density at radius 2 is 1.67 bits per heavy atom. The van der Waals surface area contributed by atoms with Gasteiger partial charge in [0.1, 0.15) is 0 Å². The third kappa shape index (κ3) is 2.78. The lowest BCUT2D eigenvalue weighted by Crippen LogP contribution is -1.99. The Morgan fingerprint density at radius 3 is 2.00 bits per heavy atom. The summed E-state index contributed by atoms with van der Waals surface area (Å²) in [6.07, 6.45) is 0. The third-order valence-electron chi connectivity index (χ3n) is 1.96. The molecule has 0 aliphatic carbocycles. The van der Waals surface area contributed by atoms with E-state index in [-0.39, 0.29) is 0 Å². The fourth-order valence-electron chi connectivity index (χ4n) is 1.30. The molecule has 0 aliphatic rings. The molecule has 0 radical (unpaired) electrons. The number of alkyl halides is 1. The maximum Gasteiger partial charge on any atom is 0.203 e. The zero-order valence-electron chi connectivity index (χ0n) is 9.17. The lowest BCUT2D eigenvalue weighted by molar-refractivity contribution is 0.288. The molecular weight excluding hydrogens is 260 g/mol. The molecule has 3 nitrogen and oxygen atoms in total. The molecule has 0 aliphatic heterocycles. The van der Waals surface area contributed by atoms with Gasteiger partial charge in [0.15, 0.2) is 11.5 Å². The highest BCUT2D eigenvalue weighted by Gasteiger charge is 2.12. The summed E-state index contributed by atoms with van der Waals surface area (Å²) in [5.74, 6) is 2.06. The average molecular weight is 275 g/mol. The Labute approximate surface area is 98.5 Å². The molecule has 1 aromatic carbocycles. The molecule has 0 fully saturated rings. The van der Waals surface area contributed by atoms with Crippen LogP contribution in [0.1, 0.15) is 12.5 Å². The highest BCUT2D eigenvalue weighted by molar-refractivity contribution is 9.08. The maximum absolute atomic E-state index is 5.48. The van der Waals surface area contributed by atoms with Crippen molar-refractivity contribution in [2.45, 2.75) is 12.3 Å². The van der Waals surface area contributed by atoms with E-state index in [2.05, 4.69) is 15.9 Å². The zero-order valence-corrected chi connectivity index (χ0v) is 10.8. The van der Waals surface area contributed by atoms with Gasteiger partial charge >= 0.3 is 0 Å². The Balaban J connectivity index is 3.19. The number of hydrogen-bond donors (Lipinski definition) is 0. The topological polar surface area (TPSA) is 27.7 Å². The summed E-state index contributed by atoms with van der Waals surface area (Å²) in [5, 5.41) is 0.756. The number of halogens is 1. The van der Waals surface area contributed by atoms with Crippen LogP contribution in [0.4, 0.5) is 0 Å². The van der Waals surface area contributed by atoms with Gasteiger partial charge in [-0.25, -0.2) is 0 Å². The van der Waals surface area contributed by atoms with Crippen molar-refractivity contribution in [1.29, 1.82) is 0 Å². The molecule has 4 heteroatoms. The van der Waals surface area contributed by atoms with Crippen LogP contribution in [0, 0.1) is 0 Å². The van der Waals surface area contributed by atoms with Crippen LogP contribution in [-0.2, 0) is 5.33 Å². The van der Waals surface area contributed by atoms with E-state index in [4.69, 9.17) is 14.2 Å². The van der Waals surface area contributed by atoms with Gasteiger partial charge < -0.3 is 14.2 Å². The lowest BCUT2D eigenvalue weighted by Gasteiger charge is -2.14. The molecule has 0 bridgehead atoms. The van der Waals surface area contributed by atoms with E-state index in [9.17, 15) is 0 Å². The first kappa shape index (κ1) is 12.2. The van der Waals surface area contributed by atoms with Crippen LogP contribution in [0.25, 0.3) is 0 Å². The van der Waals surface area contributed by atoms with Gasteiger partial charge in [0, 0.05) is 5.33 Å². The molecule has 84 valence electrons. The van der Waals surface area contributed by atoms with Crippen LogP contribution < -0.4 is 14.2 Å². The van der Waals surface area contributed by atoms with Gasteiger partial charge in [-0.15, -0.1) is 0 Å². The Kier molecular flexibility index (Phi) is 4.75. The Hall–Kier alpha value is -0.900. The molecule has 0 spiro atoms. The van der Waals surface area contributed by atoms with Crippen molar-refractivity contribution in [3.8, 4) is 17.2 Å². The van der Waals surface area contributed by atoms with Gasteiger partial charge in [-0.3, -0.25) is 0 Å². The molecule has 0 N–H and O–H groups in total. The first-order valence-electron chi connectivity index (χ1n) is 4.70. The molecule has 0 saturated heterocycles. The fourth-order valence-corrected chi connectivity index (χ4v) is 1.62. The van der Waals surface area contributed by atoms with Gasteiger partial charge in [0.25, 0.3) is 0 Å². The minimum atomic E-state index is 0.584. The number of ether oxygens (including phenoxy) is 3. The predicted octanol–water partition coefficient (Wildman–Crippen LogP) is 3.00. The molecule has 0 atom stereocenters. The van der Waals surface area contributed by atoms with E-state index in [1.54, 1.807) is 14.2 Å². The van der Waals surface area contributed by atoms with Crippen molar-refractivity contribution in [2.75, 3.05) is 20.8 Å². The SMILES string of the molecule is CCOc1c(OC)cc(CBr)cc1OC. The molecule has 1 rings (SSSR count). The molecule has 0 amide bonds. The van der Waals surface area contributed by atoms with Crippen LogP contribution in [0.5, 0.6) is 17.2 Å². The van der Waals surface area contributed by atoms with Gasteiger partial charge in [-0.2, -0.15) is 0 Å². The van der Waals surface area contributed by atoms with Gasteiger partial charge in [-0.1, -0.05) is 15.9 Å². The van der Waals surface area contributed by atoms with E-state index in [0.29, 0.717) is 23.9 Å². The zero-order chi connectivity index (χ0) is 11.3. The number of methoxy groups -OCH3 is 2. The molecule has 0 heterocycles. The van der Waals surface area contributed by atoms with Crippen LogP contribution in [0.3, 0.4) is 0 Å². The van der Waals surface area contributed by atoms with Gasteiger partial charge in [0.05, 0.1) is 20.8 Å². The molecule has 0 aromatic heterocycles. The van der Waals surface area contributed by atoms with Gasteiger partial charge in [-0.05, 0) is 24.6 Å². The first-order chi connectivity index (χ1) is 7.26. The third-order valence-corrected chi connectivity index (χ3v) is 2.61. The van der Waals surface area contributed by atoms with E-state index in [1.807, 2.05) is 19.1 Å². The molecule has 0 saturated carbocycles. The monoisotopic (exact) mass is 274 g/mol. The van der Waals surface area contributed by atoms with Crippen molar-refractivity contribution >= 4 is 15.9 Å². The smallest absolute Gasteiger partial charge is 0.203 e. The van der Waals surface area contributed by atoms with Crippen molar-refractivity contribution in [1.82, 2.24) is 0 Å². The summed E-state index contributed by atoms with van der Waals surface area (Å²) >= 11 is 3.40. The standard InChI is InChI=1S/C11H15BrO3/c1-4-15-11-9(13-2)5-8(7-12)6-10(11)14-3/h5-6H,4,7H2,1-3H3. The quantitative estimate of drug-likeness (QED) is 0.773. The highest BCUT2D eigenvalue weighted by Crippen LogP contribution is 2.38. The van der Waals surface area contributed by atoms with Crippen LogP contribution in [0.15, 0.2) is 12.1 Å². The van der Waals surface area contributed by atoms with Crippen LogP contribution in [0.2, 0.25) is 0 Å². The minimum Gasteiger partial charge on any atom is -0.493 e. The summed E-state index contributed by atoms with van der Waals surface area (Å²) in [4.78, 5) is 0. The predicted molar refractivity (Wildman–Crippen MR) is 63.3 cm³/mol. The van der Waals surface area contributed by atoms with Crippen LogP contribution in [-0.4, -0.2) is 20.8 Å². The van der Waals surface area contributed by atoms with Crippen molar-refractivity contribution in [3.63, 3.8) is 0 Å². The van der Waals surface area contributed by atoms with Crippen LogP contribution >= 0.6 is 15.9 Å². The summed E-state index contributed by atoms with van der Waals surface area (Å²) in [6, 6.07) is 3.87. The normalized spacial score (nSPS) is 9.87. The Morgan fingerprint density at radius 1 is 1.13 bits per heavy atom. The van der Waals surface area contributed by atoms with Crippen molar-refractivity contribution < 1.29 is 14.2 Å². The molecule has 15 heavy (non-hydrogen) atoms. The first-order valence-corrected chi connectivity index (χ1v) is 5.82. The van der Waals surface area contributed by atoms with Crippen molar-refractivity contribution in [3.05, 3.63) is 17.7 Å². The maximum atomic E-state index is 5.48.